The number of hydrogen-bond acceptors (Lipinski definition) is 5. The average molecular weight is 580 g/mol. The van der Waals surface area contributed by atoms with Gasteiger partial charge in [0.15, 0.2) is 0 Å². The van der Waals surface area contributed by atoms with Gasteiger partial charge in [0, 0.05) is 32.4 Å². The molecule has 1 aliphatic rings. The third-order valence-electron chi connectivity index (χ3n) is 7.76. The molecule has 0 unspecified atom stereocenters. The molecular weight excluding hydrogens is 538 g/mol. The molecule has 1 amide bonds. The van der Waals surface area contributed by atoms with Gasteiger partial charge >= 0.3 is 0 Å². The summed E-state index contributed by atoms with van der Waals surface area (Å²) < 4.78 is 9.10. The summed E-state index contributed by atoms with van der Waals surface area (Å²) in [5.74, 6) is 0.704. The minimum Gasteiger partial charge on any atom is -0.494 e. The first-order chi connectivity index (χ1) is 20.9. The summed E-state index contributed by atoms with van der Waals surface area (Å²) in [6, 6.07) is 17.4. The summed E-state index contributed by atoms with van der Waals surface area (Å²) in [5.41, 5.74) is 6.63. The molecule has 0 saturated carbocycles. The van der Waals surface area contributed by atoms with E-state index in [9.17, 15) is 9.59 Å². The lowest BCUT2D eigenvalue weighted by Gasteiger charge is -2.29. The van der Waals surface area contributed by atoms with Gasteiger partial charge in [0.25, 0.3) is 11.5 Å². The second-order valence-corrected chi connectivity index (χ2v) is 11.0. The number of pyridine rings is 1. The Bertz CT molecular complexity index is 1670. The maximum Gasteiger partial charge on any atom is 0.265 e. The van der Waals surface area contributed by atoms with Crippen molar-refractivity contribution in [1.82, 2.24) is 24.6 Å². The van der Waals surface area contributed by atoms with Crippen molar-refractivity contribution in [2.45, 2.75) is 47.5 Å². The number of amides is 1. The molecule has 8 nitrogen and oxygen atoms in total. The van der Waals surface area contributed by atoms with E-state index in [1.54, 1.807) is 15.3 Å². The molecule has 3 heterocycles. The minimum absolute atomic E-state index is 0.0815. The van der Waals surface area contributed by atoms with Gasteiger partial charge < -0.3 is 15.0 Å². The fourth-order valence-corrected chi connectivity index (χ4v) is 5.64. The number of nitrogens with one attached hydrogen (secondary N) is 1. The standard InChI is InChI=1S/C35H41N5O3/c1-6-25-10-9-11-26(7-2)33(25)40-32(22-24(4)5)30(34(41)38-20-17-36-18-21-38)23-29(35(40)42)31-16-19-39(37-31)27-12-14-28(15-13-27)43-8-3/h9-16,19,22-23,36H,6-8,17-18,20-21H2,1-5H3. The maximum atomic E-state index is 14.7. The molecule has 1 aliphatic heterocycles. The fraction of sp³-hybridized carbons (Fsp3) is 0.343. The zero-order chi connectivity index (χ0) is 30.5. The SMILES string of the molecule is CCOc1ccc(-n2ccc(-c3cc(C(=O)N4CCNCC4)c(C=C(C)C)n(-c4c(CC)cccc4CC)c3=O)n2)cc1. The molecule has 0 bridgehead atoms. The molecule has 1 saturated heterocycles. The lowest BCUT2D eigenvalue weighted by molar-refractivity contribution is 0.0735. The van der Waals surface area contributed by atoms with Gasteiger partial charge in [-0.1, -0.05) is 37.6 Å². The molecule has 1 N–H and O–H groups in total. The normalized spacial score (nSPS) is 13.2. The van der Waals surface area contributed by atoms with Crippen molar-refractivity contribution in [2.75, 3.05) is 32.8 Å². The van der Waals surface area contributed by atoms with Crippen molar-refractivity contribution >= 4 is 12.0 Å². The minimum atomic E-state index is -0.197. The number of ether oxygens (including phenoxy) is 1. The predicted octanol–water partition coefficient (Wildman–Crippen LogP) is 5.68. The number of allylic oxidation sites excluding steroid dienone is 1. The number of aromatic nitrogens is 3. The smallest absolute Gasteiger partial charge is 0.265 e. The van der Waals surface area contributed by atoms with Gasteiger partial charge in [-0.3, -0.25) is 14.2 Å². The number of carbonyl (C=O) groups excluding carboxylic acids is 1. The van der Waals surface area contributed by atoms with E-state index in [4.69, 9.17) is 9.84 Å². The van der Waals surface area contributed by atoms with Gasteiger partial charge in [0.2, 0.25) is 0 Å². The summed E-state index contributed by atoms with van der Waals surface area (Å²) in [5, 5.41) is 8.15. The number of para-hydroxylation sites is 1. The number of nitrogens with zero attached hydrogens (tertiary/aromatic N) is 4. The Labute approximate surface area is 253 Å². The van der Waals surface area contributed by atoms with Crippen molar-refractivity contribution < 1.29 is 9.53 Å². The maximum absolute atomic E-state index is 14.7. The van der Waals surface area contributed by atoms with Crippen LogP contribution < -0.4 is 15.6 Å². The van der Waals surface area contributed by atoms with E-state index < -0.39 is 0 Å². The number of benzene rings is 2. The van der Waals surface area contributed by atoms with Crippen molar-refractivity contribution in [2.24, 2.45) is 0 Å². The van der Waals surface area contributed by atoms with E-state index in [1.807, 2.05) is 74.3 Å². The van der Waals surface area contributed by atoms with Gasteiger partial charge in [-0.15, -0.1) is 0 Å². The summed E-state index contributed by atoms with van der Waals surface area (Å²) in [6.07, 6.45) is 5.31. The summed E-state index contributed by atoms with van der Waals surface area (Å²) >= 11 is 0. The topological polar surface area (TPSA) is 81.4 Å². The molecule has 5 rings (SSSR count). The van der Waals surface area contributed by atoms with Gasteiger partial charge in [-0.05, 0) is 87.2 Å². The molecule has 8 heteroatoms. The van der Waals surface area contributed by atoms with E-state index >= 15 is 0 Å². The van der Waals surface area contributed by atoms with Crippen molar-refractivity contribution in [3.05, 3.63) is 99.1 Å². The molecule has 0 aliphatic carbocycles. The predicted molar refractivity (Wildman–Crippen MR) is 173 cm³/mol. The zero-order valence-electron chi connectivity index (χ0n) is 25.8. The molecule has 224 valence electrons. The number of aryl methyl sites for hydroxylation is 2. The Balaban J connectivity index is 1.77. The Morgan fingerprint density at radius 3 is 2.26 bits per heavy atom. The van der Waals surface area contributed by atoms with Crippen molar-refractivity contribution in [1.29, 1.82) is 0 Å². The molecular formula is C35H41N5O3. The van der Waals surface area contributed by atoms with Crippen LogP contribution >= 0.6 is 0 Å². The molecule has 2 aromatic carbocycles. The van der Waals surface area contributed by atoms with Crippen LogP contribution in [0.3, 0.4) is 0 Å². The van der Waals surface area contributed by atoms with E-state index in [2.05, 4.69) is 31.3 Å². The number of piperazine rings is 1. The molecule has 1 fully saturated rings. The van der Waals surface area contributed by atoms with E-state index in [1.165, 1.54) is 0 Å². The fourth-order valence-electron chi connectivity index (χ4n) is 5.64. The molecule has 43 heavy (non-hydrogen) atoms. The molecule has 0 spiro atoms. The zero-order valence-corrected chi connectivity index (χ0v) is 25.8. The van der Waals surface area contributed by atoms with Crippen molar-refractivity contribution in [3.63, 3.8) is 0 Å². The van der Waals surface area contributed by atoms with Gasteiger partial charge in [0.1, 0.15) is 5.75 Å². The van der Waals surface area contributed by atoms with Crippen LogP contribution in [0.15, 0.2) is 71.2 Å². The van der Waals surface area contributed by atoms with Crippen LogP contribution in [0.2, 0.25) is 0 Å². The Morgan fingerprint density at radius 1 is 0.977 bits per heavy atom. The van der Waals surface area contributed by atoms with Crippen LogP contribution in [0, 0.1) is 0 Å². The first kappa shape index (κ1) is 30.0. The Kier molecular flexibility index (Phi) is 9.26. The molecule has 0 radical (unpaired) electrons. The molecule has 0 atom stereocenters. The van der Waals surface area contributed by atoms with Gasteiger partial charge in [-0.2, -0.15) is 5.10 Å². The first-order valence-electron chi connectivity index (χ1n) is 15.2. The molecule has 4 aromatic rings. The Hall–Kier alpha value is -4.43. The van der Waals surface area contributed by atoms with Gasteiger partial charge in [0.05, 0.1) is 40.5 Å². The highest BCUT2D eigenvalue weighted by Crippen LogP contribution is 2.28. The van der Waals surface area contributed by atoms with E-state index in [0.717, 1.165) is 59.8 Å². The third kappa shape index (κ3) is 6.20. The average Bonchev–Trinajstić information content (AvgIpc) is 3.51. The number of carbonyl (C=O) groups is 1. The van der Waals surface area contributed by atoms with Crippen LogP contribution in [0.1, 0.15) is 61.8 Å². The monoisotopic (exact) mass is 579 g/mol. The highest BCUT2D eigenvalue weighted by molar-refractivity contribution is 5.99. The lowest BCUT2D eigenvalue weighted by atomic mass is 9.99. The largest absolute Gasteiger partial charge is 0.494 e. The van der Waals surface area contributed by atoms with Crippen LogP contribution in [0.4, 0.5) is 0 Å². The van der Waals surface area contributed by atoms with E-state index in [-0.39, 0.29) is 11.5 Å². The highest BCUT2D eigenvalue weighted by Gasteiger charge is 2.27. The summed E-state index contributed by atoms with van der Waals surface area (Å²) in [6.45, 7) is 13.4. The quantitative estimate of drug-likeness (QED) is 0.276. The van der Waals surface area contributed by atoms with E-state index in [0.29, 0.717) is 42.2 Å². The number of hydrogen-bond donors (Lipinski definition) is 1. The Morgan fingerprint density at radius 2 is 1.65 bits per heavy atom. The number of rotatable bonds is 9. The molecule has 2 aromatic heterocycles. The second-order valence-electron chi connectivity index (χ2n) is 11.0. The second kappa shape index (κ2) is 13.3. The van der Waals surface area contributed by atoms with Crippen LogP contribution in [-0.2, 0) is 12.8 Å². The lowest BCUT2D eigenvalue weighted by Crippen LogP contribution is -2.47. The summed E-state index contributed by atoms with van der Waals surface area (Å²) in [4.78, 5) is 30.7. The third-order valence-corrected chi connectivity index (χ3v) is 7.76. The highest BCUT2D eigenvalue weighted by atomic mass is 16.5. The van der Waals surface area contributed by atoms with Gasteiger partial charge in [-0.25, -0.2) is 4.68 Å². The first-order valence-corrected chi connectivity index (χ1v) is 15.2. The van der Waals surface area contributed by atoms with Crippen LogP contribution in [-0.4, -0.2) is 57.9 Å². The van der Waals surface area contributed by atoms with Crippen LogP contribution in [0.25, 0.3) is 28.7 Å². The summed E-state index contributed by atoms with van der Waals surface area (Å²) in [7, 11) is 0. The van der Waals surface area contributed by atoms with Crippen LogP contribution in [0.5, 0.6) is 5.75 Å². The van der Waals surface area contributed by atoms with Crippen molar-refractivity contribution in [3.8, 4) is 28.4 Å².